The zero-order valence-corrected chi connectivity index (χ0v) is 14.7. The van der Waals surface area contributed by atoms with Gasteiger partial charge in [0.15, 0.2) is 0 Å². The number of carbonyl (C=O) groups excluding carboxylic acids is 1. The molecule has 4 nitrogen and oxygen atoms in total. The molecule has 0 bridgehead atoms. The minimum atomic E-state index is 0.0335. The zero-order chi connectivity index (χ0) is 17.1. The summed E-state index contributed by atoms with van der Waals surface area (Å²) in [5.41, 5.74) is 4.88. The number of benzene rings is 1. The molecule has 1 aliphatic heterocycles. The number of anilines is 2. The molecule has 2 aromatic rings. The fourth-order valence-corrected chi connectivity index (χ4v) is 3.11. The lowest BCUT2D eigenvalue weighted by molar-refractivity contribution is 0.0691. The third-order valence-electron chi connectivity index (χ3n) is 4.71. The van der Waals surface area contributed by atoms with Crippen LogP contribution in [0.15, 0.2) is 36.5 Å². The van der Waals surface area contributed by atoms with Crippen LogP contribution in [0.3, 0.4) is 0 Å². The van der Waals surface area contributed by atoms with E-state index in [1.54, 1.807) is 6.20 Å². The Hall–Kier alpha value is -2.36. The Bertz CT molecular complexity index is 733. The minimum absolute atomic E-state index is 0.0335. The van der Waals surface area contributed by atoms with Gasteiger partial charge in [-0.1, -0.05) is 24.6 Å². The van der Waals surface area contributed by atoms with E-state index in [1.807, 2.05) is 17.0 Å². The number of rotatable bonds is 3. The van der Waals surface area contributed by atoms with Gasteiger partial charge in [-0.2, -0.15) is 0 Å². The van der Waals surface area contributed by atoms with E-state index in [9.17, 15) is 4.79 Å². The fourth-order valence-electron chi connectivity index (χ4n) is 3.11. The highest BCUT2D eigenvalue weighted by Crippen LogP contribution is 2.23. The number of hydrogen-bond acceptors (Lipinski definition) is 3. The van der Waals surface area contributed by atoms with E-state index in [0.29, 0.717) is 11.6 Å². The average molecular weight is 323 g/mol. The number of carbonyl (C=O) groups is 1. The van der Waals surface area contributed by atoms with Crippen LogP contribution in [-0.4, -0.2) is 28.9 Å². The Morgan fingerprint density at radius 3 is 2.62 bits per heavy atom. The first-order chi connectivity index (χ1) is 11.5. The lowest BCUT2D eigenvalue weighted by Crippen LogP contribution is -2.38. The first-order valence-corrected chi connectivity index (χ1v) is 8.62. The molecule has 0 atom stereocenters. The number of nitrogens with one attached hydrogen (secondary N) is 1. The predicted molar refractivity (Wildman–Crippen MR) is 97.7 cm³/mol. The molecule has 24 heavy (non-hydrogen) atoms. The highest BCUT2D eigenvalue weighted by molar-refractivity contribution is 5.93. The van der Waals surface area contributed by atoms with Crippen molar-refractivity contribution in [2.24, 2.45) is 5.92 Å². The second-order valence-electron chi connectivity index (χ2n) is 6.85. The SMILES string of the molecule is Cc1ccc(Nc2ccnc(C(=O)N3CCC(C)CC3)c2)c(C)c1. The molecule has 3 rings (SSSR count). The van der Waals surface area contributed by atoms with Gasteiger partial charge in [0, 0.05) is 30.7 Å². The molecule has 0 saturated carbocycles. The van der Waals surface area contributed by atoms with Crippen molar-refractivity contribution in [3.05, 3.63) is 53.3 Å². The molecule has 1 saturated heterocycles. The summed E-state index contributed by atoms with van der Waals surface area (Å²) in [4.78, 5) is 18.9. The van der Waals surface area contributed by atoms with Crippen molar-refractivity contribution in [1.82, 2.24) is 9.88 Å². The fraction of sp³-hybridized carbons (Fsp3) is 0.400. The van der Waals surface area contributed by atoms with Crippen LogP contribution in [-0.2, 0) is 0 Å². The van der Waals surface area contributed by atoms with E-state index in [4.69, 9.17) is 0 Å². The second-order valence-corrected chi connectivity index (χ2v) is 6.85. The van der Waals surface area contributed by atoms with Crippen LogP contribution in [0.1, 0.15) is 41.4 Å². The topological polar surface area (TPSA) is 45.2 Å². The monoisotopic (exact) mass is 323 g/mol. The van der Waals surface area contributed by atoms with Crippen molar-refractivity contribution in [1.29, 1.82) is 0 Å². The van der Waals surface area contributed by atoms with Crippen molar-refractivity contribution in [3.63, 3.8) is 0 Å². The zero-order valence-electron chi connectivity index (χ0n) is 14.7. The number of aromatic nitrogens is 1. The summed E-state index contributed by atoms with van der Waals surface area (Å²) >= 11 is 0. The number of nitrogens with zero attached hydrogens (tertiary/aromatic N) is 2. The molecule has 126 valence electrons. The van der Waals surface area contributed by atoms with Gasteiger partial charge < -0.3 is 10.2 Å². The maximum atomic E-state index is 12.7. The molecule has 0 spiro atoms. The highest BCUT2D eigenvalue weighted by atomic mass is 16.2. The summed E-state index contributed by atoms with van der Waals surface area (Å²) < 4.78 is 0. The summed E-state index contributed by atoms with van der Waals surface area (Å²) in [6, 6.07) is 10.0. The normalized spacial score (nSPS) is 15.4. The van der Waals surface area contributed by atoms with Crippen molar-refractivity contribution < 1.29 is 4.79 Å². The molecule has 2 heterocycles. The summed E-state index contributed by atoms with van der Waals surface area (Å²) in [6.07, 6.45) is 3.85. The van der Waals surface area contributed by atoms with Crippen LogP contribution >= 0.6 is 0 Å². The standard InChI is InChI=1S/C20H25N3O/c1-14-7-10-23(11-8-14)20(24)19-13-17(6-9-21-19)22-18-5-4-15(2)12-16(18)3/h4-6,9,12-14H,7-8,10-11H2,1-3H3,(H,21,22). The summed E-state index contributed by atoms with van der Waals surface area (Å²) in [5.74, 6) is 0.741. The molecule has 1 aliphatic rings. The molecule has 1 amide bonds. The van der Waals surface area contributed by atoms with Crippen LogP contribution in [0, 0.1) is 19.8 Å². The number of likely N-dealkylation sites (tertiary alicyclic amines) is 1. The first-order valence-electron chi connectivity index (χ1n) is 8.62. The van der Waals surface area contributed by atoms with Crippen LogP contribution in [0.4, 0.5) is 11.4 Å². The first kappa shape index (κ1) is 16.5. The Morgan fingerprint density at radius 1 is 1.17 bits per heavy atom. The molecule has 1 aromatic carbocycles. The molecule has 0 aliphatic carbocycles. The molecule has 1 N–H and O–H groups in total. The number of pyridine rings is 1. The van der Waals surface area contributed by atoms with E-state index in [0.717, 1.165) is 37.3 Å². The Labute approximate surface area is 143 Å². The van der Waals surface area contributed by atoms with Gasteiger partial charge in [0.05, 0.1) is 0 Å². The minimum Gasteiger partial charge on any atom is -0.355 e. The average Bonchev–Trinajstić information content (AvgIpc) is 2.58. The van der Waals surface area contributed by atoms with Gasteiger partial charge in [-0.15, -0.1) is 0 Å². The van der Waals surface area contributed by atoms with Gasteiger partial charge in [-0.3, -0.25) is 9.78 Å². The van der Waals surface area contributed by atoms with Crippen LogP contribution in [0.25, 0.3) is 0 Å². The van der Waals surface area contributed by atoms with Crippen LogP contribution < -0.4 is 5.32 Å². The number of piperidine rings is 1. The molecule has 1 aromatic heterocycles. The molecule has 0 unspecified atom stereocenters. The van der Waals surface area contributed by atoms with Gasteiger partial charge in [0.1, 0.15) is 5.69 Å². The van der Waals surface area contributed by atoms with Crippen molar-refractivity contribution in [2.45, 2.75) is 33.6 Å². The van der Waals surface area contributed by atoms with Gasteiger partial charge >= 0.3 is 0 Å². The van der Waals surface area contributed by atoms with E-state index in [2.05, 4.69) is 49.3 Å². The molecule has 1 fully saturated rings. The summed E-state index contributed by atoms with van der Waals surface area (Å²) in [6.45, 7) is 8.07. The Kier molecular flexibility index (Phi) is 4.84. The van der Waals surface area contributed by atoms with Gasteiger partial charge in [-0.25, -0.2) is 0 Å². The Balaban J connectivity index is 1.75. The molecule has 4 heteroatoms. The lowest BCUT2D eigenvalue weighted by Gasteiger charge is -2.30. The summed E-state index contributed by atoms with van der Waals surface area (Å²) in [7, 11) is 0. The highest BCUT2D eigenvalue weighted by Gasteiger charge is 2.22. The maximum absolute atomic E-state index is 12.7. The molecular weight excluding hydrogens is 298 g/mol. The van der Waals surface area contributed by atoms with Crippen LogP contribution in [0.2, 0.25) is 0 Å². The number of aryl methyl sites for hydroxylation is 2. The third-order valence-corrected chi connectivity index (χ3v) is 4.71. The number of amides is 1. The predicted octanol–water partition coefficient (Wildman–Crippen LogP) is 4.31. The van der Waals surface area contributed by atoms with Gasteiger partial charge in [-0.05, 0) is 56.4 Å². The third kappa shape index (κ3) is 3.75. The largest absolute Gasteiger partial charge is 0.355 e. The second kappa shape index (κ2) is 7.04. The van der Waals surface area contributed by atoms with Crippen LogP contribution in [0.5, 0.6) is 0 Å². The van der Waals surface area contributed by atoms with E-state index >= 15 is 0 Å². The van der Waals surface area contributed by atoms with Crippen molar-refractivity contribution in [2.75, 3.05) is 18.4 Å². The number of hydrogen-bond donors (Lipinski definition) is 1. The molecular formula is C20H25N3O. The van der Waals surface area contributed by atoms with Crippen molar-refractivity contribution in [3.8, 4) is 0 Å². The summed E-state index contributed by atoms with van der Waals surface area (Å²) in [5, 5.41) is 3.39. The quantitative estimate of drug-likeness (QED) is 0.915. The Morgan fingerprint density at radius 2 is 1.92 bits per heavy atom. The maximum Gasteiger partial charge on any atom is 0.272 e. The van der Waals surface area contributed by atoms with E-state index in [-0.39, 0.29) is 5.91 Å². The van der Waals surface area contributed by atoms with E-state index in [1.165, 1.54) is 11.1 Å². The smallest absolute Gasteiger partial charge is 0.272 e. The van der Waals surface area contributed by atoms with Gasteiger partial charge in [0.2, 0.25) is 0 Å². The van der Waals surface area contributed by atoms with Gasteiger partial charge in [0.25, 0.3) is 5.91 Å². The molecule has 0 radical (unpaired) electrons. The van der Waals surface area contributed by atoms with E-state index < -0.39 is 0 Å². The lowest BCUT2D eigenvalue weighted by atomic mass is 9.99. The van der Waals surface area contributed by atoms with Crippen molar-refractivity contribution >= 4 is 17.3 Å².